The van der Waals surface area contributed by atoms with Crippen molar-refractivity contribution >= 4 is 28.8 Å². The van der Waals surface area contributed by atoms with Crippen LogP contribution in [0.4, 0.5) is 23.2 Å². The lowest BCUT2D eigenvalue weighted by Crippen LogP contribution is -2.45. The summed E-state index contributed by atoms with van der Waals surface area (Å²) in [5.41, 5.74) is 2.21. The summed E-state index contributed by atoms with van der Waals surface area (Å²) < 4.78 is 56.5. The molecule has 2 heterocycles. The fourth-order valence-corrected chi connectivity index (χ4v) is 5.41. The van der Waals surface area contributed by atoms with Gasteiger partial charge in [0.2, 0.25) is 0 Å². The number of alkyl halides is 3. The van der Waals surface area contributed by atoms with Gasteiger partial charge in [0.1, 0.15) is 17.9 Å². The van der Waals surface area contributed by atoms with Gasteiger partial charge in [-0.3, -0.25) is 4.90 Å². The topological polar surface area (TPSA) is 88.1 Å². The highest BCUT2D eigenvalue weighted by Gasteiger charge is 2.41. The first-order valence-electron chi connectivity index (χ1n) is 12.8. The molecule has 0 radical (unpaired) electrons. The summed E-state index contributed by atoms with van der Waals surface area (Å²) in [7, 11) is 0. The molecule has 0 spiro atoms. The molecule has 1 unspecified atom stereocenters. The van der Waals surface area contributed by atoms with Gasteiger partial charge in [-0.2, -0.15) is 5.10 Å². The Balaban J connectivity index is 1.30. The molecule has 0 aliphatic carbocycles. The van der Waals surface area contributed by atoms with Gasteiger partial charge in [-0.25, -0.2) is 14.1 Å². The van der Waals surface area contributed by atoms with Crippen LogP contribution in [0.15, 0.2) is 83.3 Å². The minimum absolute atomic E-state index is 0.0275. The average Bonchev–Trinajstić information content (AvgIpc) is 3.53. The lowest BCUT2D eigenvalue weighted by Gasteiger charge is -2.32. The van der Waals surface area contributed by atoms with Crippen LogP contribution in [0.2, 0.25) is 0 Å². The zero-order valence-electron chi connectivity index (χ0n) is 22.7. The third-order valence-corrected chi connectivity index (χ3v) is 7.56. The van der Waals surface area contributed by atoms with Crippen molar-refractivity contribution in [2.24, 2.45) is 10.2 Å². The Labute approximate surface area is 243 Å². The van der Waals surface area contributed by atoms with Gasteiger partial charge in [-0.15, -0.1) is 23.4 Å². The molecule has 0 bridgehead atoms. The van der Waals surface area contributed by atoms with E-state index in [1.54, 1.807) is 24.1 Å². The Morgan fingerprint density at radius 3 is 2.45 bits per heavy atom. The zero-order valence-corrected chi connectivity index (χ0v) is 23.6. The molecule has 218 valence electrons. The number of thioether (sulfide) groups is 1. The maximum Gasteiger partial charge on any atom is 0.573 e. The number of rotatable bonds is 7. The van der Waals surface area contributed by atoms with Crippen LogP contribution in [0, 0.1) is 5.82 Å². The normalized spacial score (nSPS) is 18.5. The first-order valence-corrected chi connectivity index (χ1v) is 13.8. The van der Waals surface area contributed by atoms with Crippen molar-refractivity contribution in [2.45, 2.75) is 38.8 Å². The molecule has 0 saturated carbocycles. The first kappa shape index (κ1) is 29.3. The number of benzene rings is 3. The lowest BCUT2D eigenvalue weighted by atomic mass is 9.99. The van der Waals surface area contributed by atoms with Crippen molar-refractivity contribution < 1.29 is 27.4 Å². The Kier molecular flexibility index (Phi) is 8.06. The van der Waals surface area contributed by atoms with Crippen LogP contribution in [-0.4, -0.2) is 49.1 Å². The third kappa shape index (κ3) is 6.63. The standard InChI is InChI=1S/C29H26F4N6O2S/c1-18(2)24-14-21(30)8-13-25(24)39-27(42-16-28(39,3)40)36-35-15-19-4-6-20(7-5-19)26-34-17-38(37-26)22-9-11-23(12-10-22)41-29(31,32)33/h4-15,17-18,40H,16H2,1-3H3. The molecule has 5 rings (SSSR count). The van der Waals surface area contributed by atoms with E-state index in [-0.39, 0.29) is 17.5 Å². The average molecular weight is 599 g/mol. The minimum Gasteiger partial charge on any atom is -0.406 e. The summed E-state index contributed by atoms with van der Waals surface area (Å²) in [4.78, 5) is 5.98. The third-order valence-electron chi connectivity index (χ3n) is 6.35. The van der Waals surface area contributed by atoms with Gasteiger partial charge >= 0.3 is 6.36 Å². The summed E-state index contributed by atoms with van der Waals surface area (Å²) in [5.74, 6) is 0.157. The van der Waals surface area contributed by atoms with Crippen LogP contribution in [0.1, 0.15) is 37.8 Å². The molecule has 1 fully saturated rings. The van der Waals surface area contributed by atoms with Gasteiger partial charge in [0, 0.05) is 17.0 Å². The van der Waals surface area contributed by atoms with Gasteiger partial charge in [0.05, 0.1) is 11.9 Å². The highest BCUT2D eigenvalue weighted by atomic mass is 32.2. The number of hydrogen-bond acceptors (Lipinski definition) is 7. The number of nitrogens with zero attached hydrogens (tertiary/aromatic N) is 6. The Hall–Kier alpha value is -4.23. The van der Waals surface area contributed by atoms with Gasteiger partial charge in [0.25, 0.3) is 0 Å². The highest BCUT2D eigenvalue weighted by molar-refractivity contribution is 8.14. The maximum atomic E-state index is 14.0. The molecule has 4 aromatic rings. The van der Waals surface area contributed by atoms with Gasteiger partial charge < -0.3 is 9.84 Å². The molecule has 1 atom stereocenters. The van der Waals surface area contributed by atoms with E-state index in [4.69, 9.17) is 0 Å². The maximum absolute atomic E-state index is 14.0. The predicted molar refractivity (Wildman–Crippen MR) is 155 cm³/mol. The summed E-state index contributed by atoms with van der Waals surface area (Å²) in [5, 5.41) is 24.5. The molecule has 3 aromatic carbocycles. The number of aliphatic hydroxyl groups is 1. The van der Waals surface area contributed by atoms with E-state index in [0.717, 1.165) is 16.7 Å². The molecule has 1 aromatic heterocycles. The highest BCUT2D eigenvalue weighted by Crippen LogP contribution is 2.40. The zero-order chi connectivity index (χ0) is 30.1. The molecule has 1 saturated heterocycles. The van der Waals surface area contributed by atoms with Crippen molar-refractivity contribution in [3.8, 4) is 22.8 Å². The SMILES string of the molecule is CC(C)c1cc(F)ccc1N1C(=NN=Cc2ccc(-c3ncn(-c4ccc(OC(F)(F)F)cc4)n3)cc2)SCC1(C)O. The monoisotopic (exact) mass is 598 g/mol. The van der Waals surface area contributed by atoms with E-state index in [1.807, 2.05) is 38.1 Å². The molecule has 1 aliphatic heterocycles. The van der Waals surface area contributed by atoms with Gasteiger partial charge in [-0.05, 0) is 66.4 Å². The number of ether oxygens (including phenoxy) is 1. The predicted octanol–water partition coefficient (Wildman–Crippen LogP) is 6.75. The Bertz CT molecular complexity index is 1620. The molecular weight excluding hydrogens is 572 g/mol. The molecule has 0 amide bonds. The van der Waals surface area contributed by atoms with Crippen LogP contribution in [-0.2, 0) is 0 Å². The second-order valence-corrected chi connectivity index (χ2v) is 10.9. The number of anilines is 1. The van der Waals surface area contributed by atoms with E-state index in [1.165, 1.54) is 59.2 Å². The van der Waals surface area contributed by atoms with E-state index in [0.29, 0.717) is 28.1 Å². The summed E-state index contributed by atoms with van der Waals surface area (Å²) in [6.45, 7) is 5.61. The van der Waals surface area contributed by atoms with Crippen LogP contribution in [0.25, 0.3) is 17.1 Å². The van der Waals surface area contributed by atoms with Crippen molar-refractivity contribution in [2.75, 3.05) is 10.7 Å². The fraction of sp³-hybridized carbons (Fsp3) is 0.241. The first-order chi connectivity index (χ1) is 19.9. The minimum atomic E-state index is -4.76. The smallest absolute Gasteiger partial charge is 0.406 e. The van der Waals surface area contributed by atoms with Crippen LogP contribution in [0.3, 0.4) is 0 Å². The largest absolute Gasteiger partial charge is 0.573 e. The molecule has 42 heavy (non-hydrogen) atoms. The number of hydrogen-bond donors (Lipinski definition) is 1. The van der Waals surface area contributed by atoms with E-state index < -0.39 is 12.1 Å². The molecule has 8 nitrogen and oxygen atoms in total. The fourth-order valence-electron chi connectivity index (χ4n) is 4.35. The van der Waals surface area contributed by atoms with E-state index >= 15 is 0 Å². The number of aromatic nitrogens is 3. The molecule has 1 N–H and O–H groups in total. The molecule has 1 aliphatic rings. The molecule has 13 heteroatoms. The van der Waals surface area contributed by atoms with E-state index in [9.17, 15) is 22.7 Å². The van der Waals surface area contributed by atoms with Crippen molar-refractivity contribution in [1.82, 2.24) is 14.8 Å². The molecular formula is C29H26F4N6O2S. The van der Waals surface area contributed by atoms with Crippen LogP contribution in [0.5, 0.6) is 5.75 Å². The van der Waals surface area contributed by atoms with Crippen molar-refractivity contribution in [3.63, 3.8) is 0 Å². The summed E-state index contributed by atoms with van der Waals surface area (Å²) in [6, 6.07) is 17.0. The van der Waals surface area contributed by atoms with Crippen LogP contribution < -0.4 is 9.64 Å². The Morgan fingerprint density at radius 2 is 1.79 bits per heavy atom. The van der Waals surface area contributed by atoms with Gasteiger partial charge in [0.15, 0.2) is 16.7 Å². The Morgan fingerprint density at radius 1 is 1.07 bits per heavy atom. The van der Waals surface area contributed by atoms with Crippen molar-refractivity contribution in [1.29, 1.82) is 0 Å². The summed E-state index contributed by atoms with van der Waals surface area (Å²) >= 11 is 1.36. The van der Waals surface area contributed by atoms with E-state index in [2.05, 4.69) is 25.0 Å². The second-order valence-electron chi connectivity index (χ2n) is 10.0. The van der Waals surface area contributed by atoms with Crippen LogP contribution >= 0.6 is 11.8 Å². The quantitative estimate of drug-likeness (QED) is 0.144. The second kappa shape index (κ2) is 11.6. The van der Waals surface area contributed by atoms with Crippen molar-refractivity contribution in [3.05, 3.63) is 90.0 Å². The summed E-state index contributed by atoms with van der Waals surface area (Å²) in [6.07, 6.45) is -1.72. The number of halogens is 4. The van der Waals surface area contributed by atoms with Gasteiger partial charge in [-0.1, -0.05) is 49.9 Å². The lowest BCUT2D eigenvalue weighted by molar-refractivity contribution is -0.274. The number of amidine groups is 1.